The maximum atomic E-state index is 13.4. The maximum absolute atomic E-state index is 13.4. The van der Waals surface area contributed by atoms with E-state index < -0.39 is 0 Å². The summed E-state index contributed by atoms with van der Waals surface area (Å²) in [6.07, 6.45) is 4.90. The summed E-state index contributed by atoms with van der Waals surface area (Å²) in [5.74, 6) is -0.243. The Hall–Kier alpha value is -2.87. The number of likely N-dealkylation sites (tertiary alicyclic amines) is 1. The van der Waals surface area contributed by atoms with Crippen LogP contribution in [-0.2, 0) is 16.1 Å². The highest BCUT2D eigenvalue weighted by atomic mass is 32.1. The molecule has 1 N–H and O–H groups in total. The Bertz CT molecular complexity index is 1020. The maximum Gasteiger partial charge on any atom is 0.253 e. The second-order valence-electron chi connectivity index (χ2n) is 8.69. The number of nitrogens with one attached hydrogen (secondary N) is 1. The number of nitrogens with zero attached hydrogens (tertiary/aromatic N) is 3. The molecule has 2 fully saturated rings. The van der Waals surface area contributed by atoms with Crippen LogP contribution in [0, 0.1) is 0 Å². The Morgan fingerprint density at radius 2 is 1.84 bits per heavy atom. The highest BCUT2D eigenvalue weighted by Gasteiger charge is 2.40. The fourth-order valence-corrected chi connectivity index (χ4v) is 5.60. The molecular weight excluding hydrogens is 424 g/mol. The molecule has 2 saturated heterocycles. The lowest BCUT2D eigenvalue weighted by Gasteiger charge is -2.45. The lowest BCUT2D eigenvalue weighted by Crippen LogP contribution is -2.57. The van der Waals surface area contributed by atoms with Gasteiger partial charge in [0.2, 0.25) is 11.8 Å². The molecule has 0 saturated carbocycles. The fourth-order valence-electron chi connectivity index (χ4n) is 4.96. The molecule has 3 aliphatic rings. The molecule has 4 heterocycles. The van der Waals surface area contributed by atoms with E-state index in [1.54, 1.807) is 16.2 Å². The molecule has 2 aromatic rings. The van der Waals surface area contributed by atoms with Gasteiger partial charge < -0.3 is 15.1 Å². The van der Waals surface area contributed by atoms with Crippen LogP contribution >= 0.6 is 11.3 Å². The van der Waals surface area contributed by atoms with Gasteiger partial charge in [-0.3, -0.25) is 19.3 Å². The topological polar surface area (TPSA) is 73.0 Å². The van der Waals surface area contributed by atoms with Crippen molar-refractivity contribution in [2.45, 2.75) is 44.7 Å². The van der Waals surface area contributed by atoms with Gasteiger partial charge in [-0.05, 0) is 61.7 Å². The third kappa shape index (κ3) is 3.99. The van der Waals surface area contributed by atoms with Crippen molar-refractivity contribution in [1.29, 1.82) is 0 Å². The van der Waals surface area contributed by atoms with Crippen LogP contribution in [0.5, 0.6) is 0 Å². The van der Waals surface area contributed by atoms with Gasteiger partial charge in [-0.15, -0.1) is 11.3 Å². The SMILES string of the molecule is O=C(CN1C(=O)[C@H]2CCCCN2c2ccc(C(=O)N3CCCC3)cc21)NCc1cccs1. The van der Waals surface area contributed by atoms with E-state index in [4.69, 9.17) is 0 Å². The molecule has 7 nitrogen and oxygen atoms in total. The first kappa shape index (κ1) is 21.0. The van der Waals surface area contributed by atoms with Gasteiger partial charge in [-0.1, -0.05) is 6.07 Å². The van der Waals surface area contributed by atoms with Crippen LogP contribution in [-0.4, -0.2) is 54.8 Å². The summed E-state index contributed by atoms with van der Waals surface area (Å²) < 4.78 is 0. The molecule has 0 aliphatic carbocycles. The zero-order valence-electron chi connectivity index (χ0n) is 18.1. The van der Waals surface area contributed by atoms with E-state index in [0.717, 1.165) is 62.3 Å². The zero-order chi connectivity index (χ0) is 22.1. The molecule has 3 aliphatic heterocycles. The van der Waals surface area contributed by atoms with Gasteiger partial charge in [0.05, 0.1) is 17.9 Å². The Morgan fingerprint density at radius 3 is 2.62 bits per heavy atom. The fraction of sp³-hybridized carbons (Fsp3) is 0.458. The third-order valence-corrected chi connectivity index (χ3v) is 7.49. The number of thiophene rings is 1. The zero-order valence-corrected chi connectivity index (χ0v) is 18.9. The van der Waals surface area contributed by atoms with Crippen LogP contribution in [0.3, 0.4) is 0 Å². The molecule has 5 rings (SSSR count). The summed E-state index contributed by atoms with van der Waals surface area (Å²) in [7, 11) is 0. The van der Waals surface area contributed by atoms with Gasteiger partial charge in [-0.25, -0.2) is 0 Å². The number of carbonyl (C=O) groups excluding carboxylic acids is 3. The first-order valence-electron chi connectivity index (χ1n) is 11.4. The summed E-state index contributed by atoms with van der Waals surface area (Å²) >= 11 is 1.59. The van der Waals surface area contributed by atoms with E-state index in [1.165, 1.54) is 0 Å². The summed E-state index contributed by atoms with van der Waals surface area (Å²) in [6.45, 7) is 2.79. The lowest BCUT2D eigenvalue weighted by molar-refractivity contribution is -0.125. The van der Waals surface area contributed by atoms with Gasteiger partial charge in [0.1, 0.15) is 12.6 Å². The first-order chi connectivity index (χ1) is 15.6. The molecule has 32 heavy (non-hydrogen) atoms. The van der Waals surface area contributed by atoms with Crippen molar-refractivity contribution in [3.8, 4) is 0 Å². The predicted octanol–water partition coefficient (Wildman–Crippen LogP) is 3.01. The summed E-state index contributed by atoms with van der Waals surface area (Å²) in [5.41, 5.74) is 2.20. The van der Waals surface area contributed by atoms with E-state index in [1.807, 2.05) is 40.6 Å². The smallest absolute Gasteiger partial charge is 0.253 e. The summed E-state index contributed by atoms with van der Waals surface area (Å²) in [4.78, 5) is 45.9. The normalized spacial score (nSPS) is 20.2. The number of anilines is 2. The number of carbonyl (C=O) groups is 3. The Balaban J connectivity index is 1.42. The van der Waals surface area contributed by atoms with Crippen LogP contribution in [0.2, 0.25) is 0 Å². The van der Waals surface area contributed by atoms with Crippen molar-refractivity contribution < 1.29 is 14.4 Å². The quantitative estimate of drug-likeness (QED) is 0.757. The lowest BCUT2D eigenvalue weighted by atomic mass is 9.95. The number of hydrogen-bond acceptors (Lipinski definition) is 5. The molecule has 8 heteroatoms. The van der Waals surface area contributed by atoms with Crippen molar-refractivity contribution in [2.24, 2.45) is 0 Å². The van der Waals surface area contributed by atoms with E-state index in [-0.39, 0.29) is 30.3 Å². The molecule has 168 valence electrons. The van der Waals surface area contributed by atoms with Crippen molar-refractivity contribution in [1.82, 2.24) is 10.2 Å². The Morgan fingerprint density at radius 1 is 1.03 bits per heavy atom. The van der Waals surface area contributed by atoms with Crippen molar-refractivity contribution >= 4 is 40.4 Å². The number of rotatable bonds is 5. The van der Waals surface area contributed by atoms with Crippen LogP contribution in [0.1, 0.15) is 47.3 Å². The van der Waals surface area contributed by atoms with Crippen molar-refractivity contribution in [3.05, 3.63) is 46.2 Å². The number of hydrogen-bond donors (Lipinski definition) is 1. The second kappa shape index (κ2) is 8.94. The van der Waals surface area contributed by atoms with Crippen molar-refractivity contribution in [2.75, 3.05) is 36.0 Å². The minimum atomic E-state index is -0.235. The number of benzene rings is 1. The van der Waals surface area contributed by atoms with Gasteiger partial charge >= 0.3 is 0 Å². The van der Waals surface area contributed by atoms with Gasteiger partial charge in [-0.2, -0.15) is 0 Å². The highest BCUT2D eigenvalue weighted by Crippen LogP contribution is 2.40. The van der Waals surface area contributed by atoms with Crippen LogP contribution in [0.15, 0.2) is 35.7 Å². The van der Waals surface area contributed by atoms with Crippen LogP contribution in [0.25, 0.3) is 0 Å². The highest BCUT2D eigenvalue weighted by molar-refractivity contribution is 7.09. The molecule has 1 aromatic carbocycles. The minimum Gasteiger partial charge on any atom is -0.358 e. The molecule has 0 spiro atoms. The summed E-state index contributed by atoms with van der Waals surface area (Å²) in [6, 6.07) is 9.33. The molecule has 3 amide bonds. The van der Waals surface area contributed by atoms with E-state index in [9.17, 15) is 14.4 Å². The molecular formula is C24H28N4O3S. The van der Waals surface area contributed by atoms with Gasteiger partial charge in [0.15, 0.2) is 0 Å². The molecule has 0 unspecified atom stereocenters. The standard InChI is InChI=1S/C24H28N4O3S/c29-22(25-15-18-6-5-13-32-18)16-28-21-14-17(23(30)26-10-3-4-11-26)8-9-19(21)27-12-2-1-7-20(27)24(28)31/h5-6,8-9,13-14,20H,1-4,7,10-12,15-16H2,(H,25,29)/t20-/m1/s1. The number of amides is 3. The first-order valence-corrected chi connectivity index (χ1v) is 12.3. The third-order valence-electron chi connectivity index (χ3n) is 6.61. The Labute approximate surface area is 192 Å². The Kier molecular flexibility index (Phi) is 5.87. The number of fused-ring (bicyclic) bond motifs is 3. The monoisotopic (exact) mass is 452 g/mol. The molecule has 1 aromatic heterocycles. The average Bonchev–Trinajstić information content (AvgIpc) is 3.54. The molecule has 0 bridgehead atoms. The molecule has 1 atom stereocenters. The van der Waals surface area contributed by atoms with E-state index in [2.05, 4.69) is 10.2 Å². The predicted molar refractivity (Wildman–Crippen MR) is 125 cm³/mol. The second-order valence-corrected chi connectivity index (χ2v) is 9.72. The van der Waals surface area contributed by atoms with Crippen LogP contribution in [0.4, 0.5) is 11.4 Å². The van der Waals surface area contributed by atoms with E-state index in [0.29, 0.717) is 17.8 Å². The minimum absolute atomic E-state index is 0.000568. The summed E-state index contributed by atoms with van der Waals surface area (Å²) in [5, 5.41) is 4.90. The average molecular weight is 453 g/mol. The van der Waals surface area contributed by atoms with Crippen LogP contribution < -0.4 is 15.1 Å². The van der Waals surface area contributed by atoms with Crippen molar-refractivity contribution in [3.63, 3.8) is 0 Å². The molecule has 0 radical (unpaired) electrons. The van der Waals surface area contributed by atoms with Gasteiger partial charge in [0, 0.05) is 30.1 Å². The number of piperidine rings is 1. The largest absolute Gasteiger partial charge is 0.358 e. The van der Waals surface area contributed by atoms with E-state index >= 15 is 0 Å². The van der Waals surface area contributed by atoms with Gasteiger partial charge in [0.25, 0.3) is 5.91 Å².